The molecule has 1 aromatic carbocycles. The van der Waals surface area contributed by atoms with Gasteiger partial charge in [-0.05, 0) is 72.2 Å². The van der Waals surface area contributed by atoms with Crippen LogP contribution in [0.2, 0.25) is 0 Å². The second-order valence-corrected chi connectivity index (χ2v) is 8.34. The molecule has 0 saturated heterocycles. The molecular formula is C23H35P. The summed E-state index contributed by atoms with van der Waals surface area (Å²) in [6.45, 7) is 15.7. The molecule has 1 unspecified atom stereocenters. The number of benzene rings is 1. The number of rotatable bonds is 6. The Kier molecular flexibility index (Phi) is 8.17. The third kappa shape index (κ3) is 6.06. The van der Waals surface area contributed by atoms with Gasteiger partial charge in [-0.1, -0.05) is 70.6 Å². The van der Waals surface area contributed by atoms with E-state index in [1.807, 2.05) is 0 Å². The molecule has 1 heteroatoms. The molecule has 1 rings (SSSR count). The molecule has 24 heavy (non-hydrogen) atoms. The molecule has 0 N–H and O–H groups in total. The SMILES string of the molecule is CC=C(P)C=CC=C(C)c1cc(C(C)(C)C)cc(C)c1CCCC. The van der Waals surface area contributed by atoms with Gasteiger partial charge in [0.2, 0.25) is 0 Å². The molecule has 0 saturated carbocycles. The van der Waals surface area contributed by atoms with E-state index in [4.69, 9.17) is 0 Å². The Morgan fingerprint density at radius 2 is 1.88 bits per heavy atom. The van der Waals surface area contributed by atoms with Crippen molar-refractivity contribution in [3.05, 3.63) is 64.0 Å². The van der Waals surface area contributed by atoms with Gasteiger partial charge in [-0.15, -0.1) is 9.24 Å². The van der Waals surface area contributed by atoms with E-state index in [9.17, 15) is 0 Å². The van der Waals surface area contributed by atoms with Gasteiger partial charge >= 0.3 is 0 Å². The molecule has 132 valence electrons. The zero-order chi connectivity index (χ0) is 18.3. The summed E-state index contributed by atoms with van der Waals surface area (Å²) in [7, 11) is 2.75. The molecule has 0 nitrogen and oxygen atoms in total. The zero-order valence-corrected chi connectivity index (χ0v) is 17.8. The molecule has 0 aliphatic heterocycles. The van der Waals surface area contributed by atoms with Gasteiger partial charge in [0.25, 0.3) is 0 Å². The summed E-state index contributed by atoms with van der Waals surface area (Å²) in [5.41, 5.74) is 7.32. The summed E-state index contributed by atoms with van der Waals surface area (Å²) in [5.74, 6) is 0. The van der Waals surface area contributed by atoms with Gasteiger partial charge in [-0.25, -0.2) is 0 Å². The molecule has 1 atom stereocenters. The first-order valence-electron chi connectivity index (χ1n) is 9.11. The second-order valence-electron chi connectivity index (χ2n) is 7.67. The van der Waals surface area contributed by atoms with Crippen LogP contribution in [0.3, 0.4) is 0 Å². The highest BCUT2D eigenvalue weighted by atomic mass is 31.0. The van der Waals surface area contributed by atoms with Gasteiger partial charge in [-0.2, -0.15) is 0 Å². The summed E-state index contributed by atoms with van der Waals surface area (Å²) < 4.78 is 0. The first-order valence-corrected chi connectivity index (χ1v) is 9.69. The van der Waals surface area contributed by atoms with Crippen molar-refractivity contribution in [3.63, 3.8) is 0 Å². The van der Waals surface area contributed by atoms with Gasteiger partial charge in [0.05, 0.1) is 0 Å². The van der Waals surface area contributed by atoms with Crippen LogP contribution in [0.1, 0.15) is 76.6 Å². The Labute approximate surface area is 152 Å². The molecular weight excluding hydrogens is 307 g/mol. The van der Waals surface area contributed by atoms with E-state index in [2.05, 4.69) is 94.1 Å². The zero-order valence-electron chi connectivity index (χ0n) is 16.7. The number of aryl methyl sites for hydroxylation is 1. The fourth-order valence-electron chi connectivity index (χ4n) is 2.78. The molecule has 0 bridgehead atoms. The standard InChI is InChI=1S/C23H35P/c1-8-10-14-21-18(4)15-19(23(5,6)7)16-22(21)17(3)12-11-13-20(24)9-2/h9,11-13,15-16H,8,10,14,24H2,1-7H3. The minimum absolute atomic E-state index is 0.178. The van der Waals surface area contributed by atoms with Gasteiger partial charge in [0.15, 0.2) is 0 Å². The van der Waals surface area contributed by atoms with E-state index in [0.717, 1.165) is 0 Å². The summed E-state index contributed by atoms with van der Waals surface area (Å²) in [6, 6.07) is 4.80. The largest absolute Gasteiger partial charge is 0.106 e. The molecule has 1 aromatic rings. The Morgan fingerprint density at radius 3 is 2.42 bits per heavy atom. The molecule has 0 heterocycles. The van der Waals surface area contributed by atoms with E-state index >= 15 is 0 Å². The van der Waals surface area contributed by atoms with Crippen molar-refractivity contribution in [3.8, 4) is 0 Å². The van der Waals surface area contributed by atoms with Crippen molar-refractivity contribution >= 4 is 14.8 Å². The van der Waals surface area contributed by atoms with Crippen LogP contribution in [0.15, 0.2) is 41.8 Å². The molecule has 0 amide bonds. The Bertz CT molecular complexity index is 637. The van der Waals surface area contributed by atoms with E-state index in [1.165, 1.54) is 52.4 Å². The lowest BCUT2D eigenvalue weighted by Gasteiger charge is -2.23. The lowest BCUT2D eigenvalue weighted by Crippen LogP contribution is -2.13. The second kappa shape index (κ2) is 9.38. The normalized spacial score (nSPS) is 13.8. The van der Waals surface area contributed by atoms with Crippen LogP contribution in [0, 0.1) is 6.92 Å². The molecule has 0 spiro atoms. The van der Waals surface area contributed by atoms with Crippen LogP contribution >= 0.6 is 9.24 Å². The monoisotopic (exact) mass is 342 g/mol. The third-order valence-electron chi connectivity index (χ3n) is 4.51. The van der Waals surface area contributed by atoms with Crippen molar-refractivity contribution in [2.24, 2.45) is 0 Å². The van der Waals surface area contributed by atoms with Crippen LogP contribution in [0.5, 0.6) is 0 Å². The number of hydrogen-bond donors (Lipinski definition) is 0. The minimum Gasteiger partial charge on any atom is -0.106 e. The number of hydrogen-bond acceptors (Lipinski definition) is 0. The van der Waals surface area contributed by atoms with Gasteiger partial charge in [0, 0.05) is 0 Å². The van der Waals surface area contributed by atoms with Gasteiger partial charge in [0.1, 0.15) is 0 Å². The van der Waals surface area contributed by atoms with Crippen LogP contribution < -0.4 is 0 Å². The summed E-state index contributed by atoms with van der Waals surface area (Å²) in [6.07, 6.45) is 12.3. The highest BCUT2D eigenvalue weighted by molar-refractivity contribution is 7.22. The first kappa shape index (κ1) is 20.9. The molecule has 0 aliphatic carbocycles. The smallest absolute Gasteiger partial charge is 0.0132 e. The Morgan fingerprint density at radius 1 is 1.21 bits per heavy atom. The van der Waals surface area contributed by atoms with E-state index in [0.29, 0.717) is 0 Å². The van der Waals surface area contributed by atoms with Crippen molar-refractivity contribution in [2.45, 2.75) is 73.1 Å². The maximum atomic E-state index is 2.75. The minimum atomic E-state index is 0.178. The van der Waals surface area contributed by atoms with Gasteiger partial charge in [-0.3, -0.25) is 0 Å². The number of allylic oxidation sites excluding steroid dienone is 6. The van der Waals surface area contributed by atoms with Crippen LogP contribution in [0.25, 0.3) is 5.57 Å². The lowest BCUT2D eigenvalue weighted by molar-refractivity contribution is 0.589. The van der Waals surface area contributed by atoms with Crippen molar-refractivity contribution < 1.29 is 0 Å². The predicted molar refractivity (Wildman–Crippen MR) is 115 cm³/mol. The maximum Gasteiger partial charge on any atom is -0.0132 e. The fourth-order valence-corrected chi connectivity index (χ4v) is 2.89. The van der Waals surface area contributed by atoms with Crippen molar-refractivity contribution in [2.75, 3.05) is 0 Å². The third-order valence-corrected chi connectivity index (χ3v) is 5.04. The Balaban J connectivity index is 3.37. The van der Waals surface area contributed by atoms with Crippen LogP contribution in [0.4, 0.5) is 0 Å². The fraction of sp³-hybridized carbons (Fsp3) is 0.478. The van der Waals surface area contributed by atoms with E-state index < -0.39 is 0 Å². The topological polar surface area (TPSA) is 0 Å². The average molecular weight is 343 g/mol. The molecule has 0 fully saturated rings. The summed E-state index contributed by atoms with van der Waals surface area (Å²) in [5, 5.41) is 1.21. The quantitative estimate of drug-likeness (QED) is 0.374. The highest BCUT2D eigenvalue weighted by Crippen LogP contribution is 2.31. The van der Waals surface area contributed by atoms with Gasteiger partial charge < -0.3 is 0 Å². The van der Waals surface area contributed by atoms with Crippen molar-refractivity contribution in [1.82, 2.24) is 0 Å². The summed E-state index contributed by atoms with van der Waals surface area (Å²) in [4.78, 5) is 0. The summed E-state index contributed by atoms with van der Waals surface area (Å²) >= 11 is 0. The van der Waals surface area contributed by atoms with E-state index in [-0.39, 0.29) is 5.41 Å². The van der Waals surface area contributed by atoms with E-state index in [1.54, 1.807) is 0 Å². The molecule has 0 aromatic heterocycles. The molecule has 0 radical (unpaired) electrons. The first-order chi connectivity index (χ1) is 11.2. The predicted octanol–water partition coefficient (Wildman–Crippen LogP) is 7.37. The lowest BCUT2D eigenvalue weighted by atomic mass is 9.81. The average Bonchev–Trinajstić information content (AvgIpc) is 2.51. The highest BCUT2D eigenvalue weighted by Gasteiger charge is 2.17. The maximum absolute atomic E-state index is 2.75. The number of unbranched alkanes of at least 4 members (excludes halogenated alkanes) is 1. The Hall–Kier alpha value is -1.13. The van der Waals surface area contributed by atoms with Crippen LogP contribution in [-0.2, 0) is 11.8 Å². The van der Waals surface area contributed by atoms with Crippen LogP contribution in [-0.4, -0.2) is 0 Å². The molecule has 0 aliphatic rings. The van der Waals surface area contributed by atoms with Crippen molar-refractivity contribution in [1.29, 1.82) is 0 Å².